The molecular weight excluding hydrogens is 151 g/mol. The lowest BCUT2D eigenvalue weighted by Gasteiger charge is -2.07. The van der Waals surface area contributed by atoms with Crippen LogP contribution in [0.25, 0.3) is 0 Å². The molecule has 1 aliphatic rings. The minimum atomic E-state index is -0.394. The Hall–Kier alpha value is -0.850. The van der Waals surface area contributed by atoms with Gasteiger partial charge in [0.15, 0.2) is 0 Å². The van der Waals surface area contributed by atoms with E-state index in [1.54, 1.807) is 6.08 Å². The Kier molecular flexibility index (Phi) is 3.27. The number of hydrogen-bond donors (Lipinski definition) is 0. The highest BCUT2D eigenvalue weighted by Crippen LogP contribution is 2.30. The van der Waals surface area contributed by atoms with Crippen molar-refractivity contribution in [2.24, 2.45) is 5.92 Å². The van der Waals surface area contributed by atoms with Gasteiger partial charge in [0.1, 0.15) is 5.83 Å². The van der Waals surface area contributed by atoms with Crippen LogP contribution in [0.1, 0.15) is 25.7 Å². The summed E-state index contributed by atoms with van der Waals surface area (Å²) in [5, 5.41) is 0. The van der Waals surface area contributed by atoms with Gasteiger partial charge in [0.25, 0.3) is 0 Å². The van der Waals surface area contributed by atoms with Crippen molar-refractivity contribution in [1.82, 2.24) is 0 Å². The van der Waals surface area contributed by atoms with Gasteiger partial charge in [-0.05, 0) is 24.8 Å². The van der Waals surface area contributed by atoms with Crippen molar-refractivity contribution in [2.45, 2.75) is 25.7 Å². The molecule has 66 valence electrons. The quantitative estimate of drug-likeness (QED) is 0.560. The Labute approximate surface area is 73.5 Å². The van der Waals surface area contributed by atoms with Crippen LogP contribution in [0.3, 0.4) is 0 Å². The Morgan fingerprint density at radius 3 is 2.25 bits per heavy atom. The van der Waals surface area contributed by atoms with Crippen molar-refractivity contribution < 1.29 is 4.39 Å². The van der Waals surface area contributed by atoms with Gasteiger partial charge >= 0.3 is 0 Å². The first-order chi connectivity index (χ1) is 5.70. The lowest BCUT2D eigenvalue weighted by Crippen LogP contribution is -1.93. The second-order valence-electron chi connectivity index (χ2n) is 3.34. The van der Waals surface area contributed by atoms with Gasteiger partial charge < -0.3 is 0 Å². The van der Waals surface area contributed by atoms with Crippen molar-refractivity contribution in [3.05, 3.63) is 36.7 Å². The van der Waals surface area contributed by atoms with Crippen molar-refractivity contribution in [2.75, 3.05) is 0 Å². The molecule has 0 aromatic heterocycles. The predicted octanol–water partition coefficient (Wildman–Crippen LogP) is 3.77. The Morgan fingerprint density at radius 1 is 1.17 bits per heavy atom. The normalized spacial score (nSPS) is 18.8. The fourth-order valence-electron chi connectivity index (χ4n) is 1.63. The van der Waals surface area contributed by atoms with Gasteiger partial charge in [-0.3, -0.25) is 0 Å². The van der Waals surface area contributed by atoms with Crippen LogP contribution in [0.5, 0.6) is 0 Å². The maximum absolute atomic E-state index is 12.2. The van der Waals surface area contributed by atoms with Gasteiger partial charge in [0, 0.05) is 0 Å². The average molecular weight is 166 g/mol. The molecule has 0 aromatic rings. The number of allylic oxidation sites excluding steroid dienone is 4. The van der Waals surface area contributed by atoms with Crippen LogP contribution in [-0.2, 0) is 0 Å². The van der Waals surface area contributed by atoms with E-state index in [0.29, 0.717) is 5.92 Å². The summed E-state index contributed by atoms with van der Waals surface area (Å²) in [6, 6.07) is 0. The maximum Gasteiger partial charge on any atom is 0.116 e. The van der Waals surface area contributed by atoms with E-state index in [9.17, 15) is 4.39 Å². The Balaban J connectivity index is 2.42. The fraction of sp³-hybridized carbons (Fsp3) is 0.455. The van der Waals surface area contributed by atoms with Crippen molar-refractivity contribution >= 4 is 0 Å². The van der Waals surface area contributed by atoms with Gasteiger partial charge in [-0.1, -0.05) is 37.6 Å². The van der Waals surface area contributed by atoms with Crippen LogP contribution in [0.4, 0.5) is 4.39 Å². The van der Waals surface area contributed by atoms with Gasteiger partial charge in [-0.2, -0.15) is 0 Å². The fourth-order valence-corrected chi connectivity index (χ4v) is 1.63. The highest BCUT2D eigenvalue weighted by Gasteiger charge is 2.15. The molecule has 0 nitrogen and oxygen atoms in total. The molecule has 0 radical (unpaired) electrons. The molecule has 1 rings (SSSR count). The highest BCUT2D eigenvalue weighted by atomic mass is 19.1. The van der Waals surface area contributed by atoms with Gasteiger partial charge in [0.05, 0.1) is 0 Å². The van der Waals surface area contributed by atoms with Crippen LogP contribution >= 0.6 is 0 Å². The molecule has 0 saturated heterocycles. The van der Waals surface area contributed by atoms with Crippen molar-refractivity contribution in [3.63, 3.8) is 0 Å². The second-order valence-corrected chi connectivity index (χ2v) is 3.34. The third-order valence-corrected chi connectivity index (χ3v) is 2.36. The van der Waals surface area contributed by atoms with E-state index in [4.69, 9.17) is 0 Å². The molecule has 0 amide bonds. The van der Waals surface area contributed by atoms with E-state index in [1.165, 1.54) is 31.8 Å². The zero-order valence-corrected chi connectivity index (χ0v) is 7.35. The summed E-state index contributed by atoms with van der Waals surface area (Å²) in [5.74, 6) is 0.190. The number of halogens is 1. The molecule has 1 saturated carbocycles. The minimum absolute atomic E-state index is 0.394. The van der Waals surface area contributed by atoms with Gasteiger partial charge in [0.2, 0.25) is 0 Å². The first-order valence-electron chi connectivity index (χ1n) is 4.41. The van der Waals surface area contributed by atoms with Crippen molar-refractivity contribution in [1.29, 1.82) is 0 Å². The lowest BCUT2D eigenvalue weighted by atomic mass is 9.99. The summed E-state index contributed by atoms with van der Waals surface area (Å²) in [6.45, 7) is 7.07. The minimum Gasteiger partial charge on any atom is -0.208 e. The molecule has 0 heterocycles. The number of rotatable bonds is 3. The SMILES string of the molecule is C=C(F)/C=C\C(=C)C1CCCC1. The summed E-state index contributed by atoms with van der Waals surface area (Å²) >= 11 is 0. The molecule has 0 atom stereocenters. The van der Waals surface area contributed by atoms with Gasteiger partial charge in [-0.25, -0.2) is 4.39 Å². The van der Waals surface area contributed by atoms with Crippen LogP contribution in [0, 0.1) is 5.92 Å². The molecule has 0 unspecified atom stereocenters. The second kappa shape index (κ2) is 4.24. The van der Waals surface area contributed by atoms with E-state index in [0.717, 1.165) is 5.57 Å². The molecule has 0 bridgehead atoms. The van der Waals surface area contributed by atoms with Crippen LogP contribution < -0.4 is 0 Å². The van der Waals surface area contributed by atoms with E-state index in [1.807, 2.05) is 0 Å². The Bertz CT molecular complexity index is 207. The molecule has 1 heteroatoms. The molecular formula is C11H15F. The Morgan fingerprint density at radius 2 is 1.75 bits per heavy atom. The molecule has 0 N–H and O–H groups in total. The molecule has 1 fully saturated rings. The van der Waals surface area contributed by atoms with Crippen LogP contribution in [-0.4, -0.2) is 0 Å². The standard InChI is InChI=1S/C11H15F/c1-9(7-8-10(2)12)11-5-3-4-6-11/h7-8,11H,1-6H2/b8-7-. The zero-order valence-electron chi connectivity index (χ0n) is 7.35. The summed E-state index contributed by atoms with van der Waals surface area (Å²) in [5.41, 5.74) is 1.05. The third kappa shape index (κ3) is 2.65. The summed E-state index contributed by atoms with van der Waals surface area (Å²) in [4.78, 5) is 0. The molecule has 12 heavy (non-hydrogen) atoms. The zero-order chi connectivity index (χ0) is 8.97. The van der Waals surface area contributed by atoms with E-state index in [2.05, 4.69) is 13.2 Å². The van der Waals surface area contributed by atoms with E-state index in [-0.39, 0.29) is 0 Å². The largest absolute Gasteiger partial charge is 0.208 e. The maximum atomic E-state index is 12.2. The summed E-state index contributed by atoms with van der Waals surface area (Å²) in [6.07, 6.45) is 8.13. The smallest absolute Gasteiger partial charge is 0.116 e. The van der Waals surface area contributed by atoms with Crippen LogP contribution in [0.2, 0.25) is 0 Å². The average Bonchev–Trinajstić information content (AvgIpc) is 2.51. The van der Waals surface area contributed by atoms with E-state index >= 15 is 0 Å². The lowest BCUT2D eigenvalue weighted by molar-refractivity contribution is 0.654. The molecule has 0 spiro atoms. The highest BCUT2D eigenvalue weighted by molar-refractivity contribution is 5.23. The first-order valence-corrected chi connectivity index (χ1v) is 4.41. The first kappa shape index (κ1) is 9.24. The molecule has 1 aliphatic carbocycles. The monoisotopic (exact) mass is 166 g/mol. The molecule has 0 aliphatic heterocycles. The van der Waals surface area contributed by atoms with Gasteiger partial charge in [-0.15, -0.1) is 0 Å². The summed E-state index contributed by atoms with van der Waals surface area (Å²) in [7, 11) is 0. The van der Waals surface area contributed by atoms with E-state index < -0.39 is 5.83 Å². The topological polar surface area (TPSA) is 0 Å². The summed E-state index contributed by atoms with van der Waals surface area (Å²) < 4.78 is 12.2. The predicted molar refractivity (Wildman–Crippen MR) is 50.5 cm³/mol. The number of hydrogen-bond acceptors (Lipinski definition) is 0. The van der Waals surface area contributed by atoms with Crippen LogP contribution in [0.15, 0.2) is 36.7 Å². The third-order valence-electron chi connectivity index (χ3n) is 2.36. The van der Waals surface area contributed by atoms with Crippen molar-refractivity contribution in [3.8, 4) is 0 Å². The molecule has 0 aromatic carbocycles.